The van der Waals surface area contributed by atoms with Crippen LogP contribution in [0.25, 0.3) is 0 Å². The average Bonchev–Trinajstić information content (AvgIpc) is 2.21. The molecule has 0 amide bonds. The molecule has 0 aromatic heterocycles. The molecule has 1 atom stereocenters. The van der Waals surface area contributed by atoms with E-state index < -0.39 is 5.97 Å². The van der Waals surface area contributed by atoms with E-state index in [9.17, 15) is 4.79 Å². The van der Waals surface area contributed by atoms with Gasteiger partial charge in [-0.25, -0.2) is 4.79 Å². The molecule has 0 saturated carbocycles. The fraction of sp³-hybridized carbons (Fsp3) is 0.364. The number of hydrogen-bond donors (Lipinski definition) is 1. The van der Waals surface area contributed by atoms with Gasteiger partial charge in [-0.1, -0.05) is 24.6 Å². The summed E-state index contributed by atoms with van der Waals surface area (Å²) in [4.78, 5) is 11.6. The van der Waals surface area contributed by atoms with E-state index in [1.54, 1.807) is 18.2 Å². The molecule has 2 N–H and O–H groups in total. The van der Waals surface area contributed by atoms with Gasteiger partial charge in [-0.15, -0.1) is 0 Å². The maximum absolute atomic E-state index is 11.6. The first kappa shape index (κ1) is 11.9. The SMILES string of the molecule is CCC(C)OC(=O)c1cccc(Cl)c1N. The Kier molecular flexibility index (Phi) is 3.97. The van der Waals surface area contributed by atoms with Crippen LogP contribution in [-0.4, -0.2) is 12.1 Å². The zero-order valence-corrected chi connectivity index (χ0v) is 9.54. The molecular weight excluding hydrogens is 214 g/mol. The van der Waals surface area contributed by atoms with E-state index in [-0.39, 0.29) is 11.8 Å². The molecule has 1 aromatic carbocycles. The highest BCUT2D eigenvalue weighted by Crippen LogP contribution is 2.23. The predicted molar refractivity (Wildman–Crippen MR) is 61.0 cm³/mol. The summed E-state index contributed by atoms with van der Waals surface area (Å²) >= 11 is 5.80. The van der Waals surface area contributed by atoms with E-state index in [0.29, 0.717) is 10.6 Å². The van der Waals surface area contributed by atoms with Gasteiger partial charge in [0.2, 0.25) is 0 Å². The molecule has 1 aromatic rings. The lowest BCUT2D eigenvalue weighted by Gasteiger charge is -2.12. The molecular formula is C11H14ClNO2. The van der Waals surface area contributed by atoms with Gasteiger partial charge < -0.3 is 10.5 Å². The highest BCUT2D eigenvalue weighted by Gasteiger charge is 2.14. The van der Waals surface area contributed by atoms with Crippen molar-refractivity contribution in [1.82, 2.24) is 0 Å². The van der Waals surface area contributed by atoms with Crippen molar-refractivity contribution in [2.75, 3.05) is 5.73 Å². The molecule has 3 nitrogen and oxygen atoms in total. The number of nitrogens with two attached hydrogens (primary N) is 1. The van der Waals surface area contributed by atoms with Crippen molar-refractivity contribution < 1.29 is 9.53 Å². The maximum Gasteiger partial charge on any atom is 0.340 e. The third kappa shape index (κ3) is 2.86. The minimum Gasteiger partial charge on any atom is -0.459 e. The molecule has 0 heterocycles. The summed E-state index contributed by atoms with van der Waals surface area (Å²) in [6.07, 6.45) is 0.655. The standard InChI is InChI=1S/C11H14ClNO2/c1-3-7(2)15-11(14)8-5-4-6-9(12)10(8)13/h4-7H,3,13H2,1-2H3. The lowest BCUT2D eigenvalue weighted by atomic mass is 10.2. The third-order valence-electron chi connectivity index (χ3n) is 2.16. The number of hydrogen-bond acceptors (Lipinski definition) is 3. The van der Waals surface area contributed by atoms with Gasteiger partial charge >= 0.3 is 5.97 Å². The van der Waals surface area contributed by atoms with Crippen LogP contribution in [0.3, 0.4) is 0 Å². The van der Waals surface area contributed by atoms with E-state index in [4.69, 9.17) is 22.1 Å². The average molecular weight is 228 g/mol. The molecule has 1 unspecified atom stereocenters. The molecule has 4 heteroatoms. The summed E-state index contributed by atoms with van der Waals surface area (Å²) in [5.41, 5.74) is 6.26. The summed E-state index contributed by atoms with van der Waals surface area (Å²) in [7, 11) is 0. The van der Waals surface area contributed by atoms with Crippen LogP contribution in [0.4, 0.5) is 5.69 Å². The van der Waals surface area contributed by atoms with Crippen molar-refractivity contribution in [3.63, 3.8) is 0 Å². The summed E-state index contributed by atoms with van der Waals surface area (Å²) in [6, 6.07) is 4.91. The first-order valence-corrected chi connectivity index (χ1v) is 5.19. The number of benzene rings is 1. The van der Waals surface area contributed by atoms with Gasteiger partial charge in [-0.3, -0.25) is 0 Å². The zero-order chi connectivity index (χ0) is 11.4. The number of esters is 1. The highest BCUT2D eigenvalue weighted by molar-refractivity contribution is 6.33. The van der Waals surface area contributed by atoms with E-state index in [1.165, 1.54) is 0 Å². The lowest BCUT2D eigenvalue weighted by Crippen LogP contribution is -2.15. The van der Waals surface area contributed by atoms with Crippen LogP contribution in [0, 0.1) is 0 Å². The second kappa shape index (κ2) is 5.03. The van der Waals surface area contributed by atoms with Crippen LogP contribution < -0.4 is 5.73 Å². The molecule has 0 radical (unpaired) electrons. The number of nitrogen functional groups attached to an aromatic ring is 1. The topological polar surface area (TPSA) is 52.3 Å². The highest BCUT2D eigenvalue weighted by atomic mass is 35.5. The van der Waals surface area contributed by atoms with Gasteiger partial charge in [0.25, 0.3) is 0 Å². The monoisotopic (exact) mass is 227 g/mol. The van der Waals surface area contributed by atoms with Crippen LogP contribution in [-0.2, 0) is 4.74 Å². The number of carbonyl (C=O) groups excluding carboxylic acids is 1. The van der Waals surface area contributed by atoms with Crippen LogP contribution in [0.1, 0.15) is 30.6 Å². The van der Waals surface area contributed by atoms with Crippen molar-refractivity contribution in [2.45, 2.75) is 26.4 Å². The largest absolute Gasteiger partial charge is 0.459 e. The minimum absolute atomic E-state index is 0.115. The first-order valence-electron chi connectivity index (χ1n) is 4.81. The molecule has 0 spiro atoms. The van der Waals surface area contributed by atoms with E-state index >= 15 is 0 Å². The van der Waals surface area contributed by atoms with Gasteiger partial charge in [-0.2, -0.15) is 0 Å². The second-order valence-electron chi connectivity index (χ2n) is 3.33. The van der Waals surface area contributed by atoms with Gasteiger partial charge in [-0.05, 0) is 25.5 Å². The lowest BCUT2D eigenvalue weighted by molar-refractivity contribution is 0.0336. The number of halogens is 1. The molecule has 0 saturated heterocycles. The van der Waals surface area contributed by atoms with Crippen molar-refractivity contribution in [3.05, 3.63) is 28.8 Å². The molecule has 0 aliphatic carbocycles. The number of para-hydroxylation sites is 1. The summed E-state index contributed by atoms with van der Waals surface area (Å²) in [6.45, 7) is 3.78. The van der Waals surface area contributed by atoms with E-state index in [2.05, 4.69) is 0 Å². The van der Waals surface area contributed by atoms with Crippen molar-refractivity contribution >= 4 is 23.3 Å². The van der Waals surface area contributed by atoms with Crippen molar-refractivity contribution in [1.29, 1.82) is 0 Å². The Labute approximate surface area is 94.2 Å². The van der Waals surface area contributed by atoms with Crippen molar-refractivity contribution in [2.24, 2.45) is 0 Å². The van der Waals surface area contributed by atoms with Crippen LogP contribution in [0.2, 0.25) is 5.02 Å². The number of rotatable bonds is 3. The predicted octanol–water partition coefficient (Wildman–Crippen LogP) is 2.88. The molecule has 0 fully saturated rings. The Morgan fingerprint density at radius 3 is 2.87 bits per heavy atom. The first-order chi connectivity index (χ1) is 7.06. The molecule has 1 rings (SSSR count). The van der Waals surface area contributed by atoms with Crippen LogP contribution in [0.5, 0.6) is 0 Å². The smallest absolute Gasteiger partial charge is 0.340 e. The molecule has 15 heavy (non-hydrogen) atoms. The number of ether oxygens (including phenoxy) is 1. The fourth-order valence-corrected chi connectivity index (χ4v) is 1.22. The maximum atomic E-state index is 11.6. The summed E-state index contributed by atoms with van der Waals surface area (Å²) in [5, 5.41) is 0.369. The number of carbonyl (C=O) groups is 1. The fourth-order valence-electron chi connectivity index (χ4n) is 1.04. The Balaban J connectivity index is 2.87. The molecule has 0 aliphatic heterocycles. The summed E-state index contributed by atoms with van der Waals surface area (Å²) in [5.74, 6) is -0.427. The van der Waals surface area contributed by atoms with Gasteiger partial charge in [0.05, 0.1) is 22.4 Å². The third-order valence-corrected chi connectivity index (χ3v) is 2.49. The Bertz CT molecular complexity index is 366. The van der Waals surface area contributed by atoms with E-state index in [0.717, 1.165) is 6.42 Å². The molecule has 82 valence electrons. The van der Waals surface area contributed by atoms with Crippen LogP contribution >= 0.6 is 11.6 Å². The number of anilines is 1. The van der Waals surface area contributed by atoms with Gasteiger partial charge in [0, 0.05) is 0 Å². The quantitative estimate of drug-likeness (QED) is 0.638. The van der Waals surface area contributed by atoms with Gasteiger partial charge in [0.1, 0.15) is 0 Å². The molecule has 0 aliphatic rings. The molecule has 0 bridgehead atoms. The Hall–Kier alpha value is -1.22. The van der Waals surface area contributed by atoms with E-state index in [1.807, 2.05) is 13.8 Å². The Morgan fingerprint density at radius 2 is 2.27 bits per heavy atom. The van der Waals surface area contributed by atoms with Crippen LogP contribution in [0.15, 0.2) is 18.2 Å². The second-order valence-corrected chi connectivity index (χ2v) is 3.73. The van der Waals surface area contributed by atoms with Gasteiger partial charge in [0.15, 0.2) is 0 Å². The zero-order valence-electron chi connectivity index (χ0n) is 8.79. The Morgan fingerprint density at radius 1 is 1.60 bits per heavy atom. The minimum atomic E-state index is -0.427. The summed E-state index contributed by atoms with van der Waals surface area (Å²) < 4.78 is 5.14. The normalized spacial score (nSPS) is 12.2. The van der Waals surface area contributed by atoms with Crippen molar-refractivity contribution in [3.8, 4) is 0 Å².